The third-order valence-corrected chi connectivity index (χ3v) is 3.88. The number of hydrogen-bond acceptors (Lipinski definition) is 6. The summed E-state index contributed by atoms with van der Waals surface area (Å²) in [6, 6.07) is 9.01. The molecule has 0 aliphatic rings. The van der Waals surface area contributed by atoms with E-state index in [0.717, 1.165) is 0 Å². The van der Waals surface area contributed by atoms with Gasteiger partial charge in [-0.25, -0.2) is 5.43 Å². The number of carbonyl (C=O) groups excluding carboxylic acids is 1. The van der Waals surface area contributed by atoms with Crippen LogP contribution in [0.15, 0.2) is 41.5 Å². The minimum absolute atomic E-state index is 0.0749. The maximum Gasteiger partial charge on any atom is 0.277 e. The largest absolute Gasteiger partial charge is 0.482 e. The fourth-order valence-corrected chi connectivity index (χ4v) is 2.57. The van der Waals surface area contributed by atoms with Crippen LogP contribution in [-0.2, 0) is 4.79 Å². The molecule has 0 saturated carbocycles. The van der Waals surface area contributed by atoms with Crippen molar-refractivity contribution in [3.63, 3.8) is 0 Å². The van der Waals surface area contributed by atoms with Crippen molar-refractivity contribution in [1.82, 2.24) is 5.43 Å². The zero-order valence-electron chi connectivity index (χ0n) is 14.5. The van der Waals surface area contributed by atoms with E-state index in [9.17, 15) is 14.9 Å². The Kier molecular flexibility index (Phi) is 6.98. The van der Waals surface area contributed by atoms with Gasteiger partial charge in [0.2, 0.25) is 0 Å². The highest BCUT2D eigenvalue weighted by atomic mass is 35.5. The van der Waals surface area contributed by atoms with Gasteiger partial charge in [0, 0.05) is 42.5 Å². The van der Waals surface area contributed by atoms with Gasteiger partial charge in [-0.2, -0.15) is 5.10 Å². The summed E-state index contributed by atoms with van der Waals surface area (Å²) < 4.78 is 5.29. The van der Waals surface area contributed by atoms with Crippen molar-refractivity contribution in [1.29, 1.82) is 0 Å². The monoisotopic (exact) mass is 410 g/mol. The maximum atomic E-state index is 11.8. The number of halogens is 2. The molecule has 0 bridgehead atoms. The Morgan fingerprint density at radius 3 is 2.67 bits per heavy atom. The quantitative estimate of drug-likeness (QED) is 0.427. The molecular formula is C17H16Cl2N4O4. The maximum absolute atomic E-state index is 11.8. The van der Waals surface area contributed by atoms with Gasteiger partial charge < -0.3 is 9.64 Å². The molecule has 0 heterocycles. The summed E-state index contributed by atoms with van der Waals surface area (Å²) in [5.74, 6) is -0.206. The number of amides is 1. The Morgan fingerprint density at radius 2 is 2.04 bits per heavy atom. The average molecular weight is 411 g/mol. The Balaban J connectivity index is 2.00. The van der Waals surface area contributed by atoms with E-state index >= 15 is 0 Å². The highest BCUT2D eigenvalue weighted by Crippen LogP contribution is 2.27. The van der Waals surface area contributed by atoms with Crippen molar-refractivity contribution in [2.24, 2.45) is 5.10 Å². The van der Waals surface area contributed by atoms with E-state index in [0.29, 0.717) is 22.0 Å². The second-order valence-corrected chi connectivity index (χ2v) is 6.39. The van der Waals surface area contributed by atoms with Crippen molar-refractivity contribution in [3.05, 3.63) is 62.1 Å². The lowest BCUT2D eigenvalue weighted by atomic mass is 10.1. The lowest BCUT2D eigenvalue weighted by Crippen LogP contribution is -2.24. The summed E-state index contributed by atoms with van der Waals surface area (Å²) in [5, 5.41) is 15.5. The number of rotatable bonds is 7. The molecule has 2 rings (SSSR count). The highest BCUT2D eigenvalue weighted by molar-refractivity contribution is 6.35. The van der Waals surface area contributed by atoms with Crippen LogP contribution in [0.5, 0.6) is 5.75 Å². The van der Waals surface area contributed by atoms with Gasteiger partial charge in [-0.15, -0.1) is 0 Å². The second kappa shape index (κ2) is 9.20. The summed E-state index contributed by atoms with van der Waals surface area (Å²) >= 11 is 11.7. The summed E-state index contributed by atoms with van der Waals surface area (Å²) in [6.07, 6.45) is 1.33. The first-order chi connectivity index (χ1) is 12.8. The molecule has 0 aliphatic carbocycles. The van der Waals surface area contributed by atoms with Gasteiger partial charge in [0.1, 0.15) is 5.75 Å². The van der Waals surface area contributed by atoms with Crippen molar-refractivity contribution < 1.29 is 14.5 Å². The van der Waals surface area contributed by atoms with Gasteiger partial charge in [0.05, 0.1) is 16.2 Å². The molecule has 1 N–H and O–H groups in total. The number of nitrogens with zero attached hydrogens (tertiary/aromatic N) is 3. The van der Waals surface area contributed by atoms with Crippen LogP contribution < -0.4 is 15.1 Å². The van der Waals surface area contributed by atoms with Gasteiger partial charge in [-0.3, -0.25) is 14.9 Å². The number of ether oxygens (including phenoxy) is 1. The fraction of sp³-hybridized carbons (Fsp3) is 0.176. The zero-order valence-corrected chi connectivity index (χ0v) is 16.0. The lowest BCUT2D eigenvalue weighted by Gasteiger charge is -2.14. The van der Waals surface area contributed by atoms with E-state index in [4.69, 9.17) is 27.9 Å². The number of benzene rings is 2. The van der Waals surface area contributed by atoms with Crippen LogP contribution in [0.25, 0.3) is 0 Å². The predicted octanol–water partition coefficient (Wildman–Crippen LogP) is 3.50. The van der Waals surface area contributed by atoms with Crippen LogP contribution in [0, 0.1) is 10.1 Å². The summed E-state index contributed by atoms with van der Waals surface area (Å²) in [4.78, 5) is 24.0. The van der Waals surface area contributed by atoms with E-state index in [-0.39, 0.29) is 17.3 Å². The minimum atomic E-state index is -0.519. The third kappa shape index (κ3) is 5.83. The molecule has 0 spiro atoms. The number of anilines is 1. The number of nitrogens with one attached hydrogen (secondary N) is 1. The standard InChI is InChI=1S/C17H16Cl2N4O4/c1-22(2)15-5-4-13(23(25)26)7-11(15)9-20-21-17(24)10-27-16-6-3-12(18)8-14(16)19/h3-9H,10H2,1-2H3,(H,21,24). The van der Waals surface area contributed by atoms with Crippen LogP contribution in [0.3, 0.4) is 0 Å². The average Bonchev–Trinajstić information content (AvgIpc) is 2.60. The summed E-state index contributed by atoms with van der Waals surface area (Å²) in [5.41, 5.74) is 3.41. The number of nitro benzene ring substituents is 1. The molecule has 0 unspecified atom stereocenters. The first kappa shape index (κ1) is 20.5. The molecule has 0 atom stereocenters. The molecule has 142 valence electrons. The normalized spacial score (nSPS) is 10.7. The van der Waals surface area contributed by atoms with Crippen molar-refractivity contribution >= 4 is 46.7 Å². The predicted molar refractivity (Wildman–Crippen MR) is 105 cm³/mol. The molecular weight excluding hydrogens is 395 g/mol. The van der Waals surface area contributed by atoms with Gasteiger partial charge in [0.25, 0.3) is 11.6 Å². The van der Waals surface area contributed by atoms with E-state index in [1.807, 2.05) is 0 Å². The molecule has 2 aromatic rings. The molecule has 0 aliphatic heterocycles. The molecule has 0 radical (unpaired) electrons. The third-order valence-electron chi connectivity index (χ3n) is 3.35. The molecule has 0 saturated heterocycles. The van der Waals surface area contributed by atoms with Crippen LogP contribution in [0.1, 0.15) is 5.56 Å². The van der Waals surface area contributed by atoms with Crippen LogP contribution in [0.4, 0.5) is 11.4 Å². The van der Waals surface area contributed by atoms with Crippen molar-refractivity contribution in [2.45, 2.75) is 0 Å². The fourth-order valence-electron chi connectivity index (χ4n) is 2.11. The number of hydrazone groups is 1. The number of carbonyl (C=O) groups is 1. The molecule has 0 aromatic heterocycles. The van der Waals surface area contributed by atoms with E-state index in [1.54, 1.807) is 37.2 Å². The second-order valence-electron chi connectivity index (χ2n) is 5.55. The van der Waals surface area contributed by atoms with Crippen LogP contribution >= 0.6 is 23.2 Å². The SMILES string of the molecule is CN(C)c1ccc([N+](=O)[O-])cc1C=NNC(=O)COc1ccc(Cl)cc1Cl. The van der Waals surface area contributed by atoms with Gasteiger partial charge >= 0.3 is 0 Å². The summed E-state index contributed by atoms with van der Waals surface area (Å²) in [6.45, 7) is -0.311. The van der Waals surface area contributed by atoms with E-state index in [1.165, 1.54) is 24.4 Å². The smallest absolute Gasteiger partial charge is 0.277 e. The molecule has 0 fully saturated rings. The van der Waals surface area contributed by atoms with Gasteiger partial charge in [-0.1, -0.05) is 23.2 Å². The Labute approximate surface area is 165 Å². The highest BCUT2D eigenvalue weighted by Gasteiger charge is 2.11. The van der Waals surface area contributed by atoms with E-state index in [2.05, 4.69) is 10.5 Å². The summed E-state index contributed by atoms with van der Waals surface area (Å²) in [7, 11) is 3.58. The molecule has 8 nitrogen and oxygen atoms in total. The topological polar surface area (TPSA) is 97.1 Å². The number of nitro groups is 1. The number of hydrogen-bond donors (Lipinski definition) is 1. The molecule has 1 amide bonds. The van der Waals surface area contributed by atoms with Gasteiger partial charge in [-0.05, 0) is 24.3 Å². The lowest BCUT2D eigenvalue weighted by molar-refractivity contribution is -0.384. The first-order valence-electron chi connectivity index (χ1n) is 7.63. The van der Waals surface area contributed by atoms with Crippen LogP contribution in [-0.4, -0.2) is 37.7 Å². The van der Waals surface area contributed by atoms with E-state index < -0.39 is 10.8 Å². The number of non-ortho nitro benzene ring substituents is 1. The Bertz CT molecular complexity index is 887. The first-order valence-corrected chi connectivity index (χ1v) is 8.39. The molecule has 2 aromatic carbocycles. The minimum Gasteiger partial charge on any atom is -0.482 e. The van der Waals surface area contributed by atoms with Crippen molar-refractivity contribution in [3.8, 4) is 5.75 Å². The van der Waals surface area contributed by atoms with Gasteiger partial charge in [0.15, 0.2) is 6.61 Å². The molecule has 27 heavy (non-hydrogen) atoms. The molecule has 10 heteroatoms. The van der Waals surface area contributed by atoms with Crippen molar-refractivity contribution in [2.75, 3.05) is 25.6 Å². The Morgan fingerprint density at radius 1 is 1.30 bits per heavy atom. The Hall–Kier alpha value is -2.84. The van der Waals surface area contributed by atoms with Crippen LogP contribution in [0.2, 0.25) is 10.0 Å². The zero-order chi connectivity index (χ0) is 20.0.